The molecule has 0 saturated carbocycles. The van der Waals surface area contributed by atoms with E-state index in [4.69, 9.17) is 5.11 Å². The number of aromatic nitrogens is 2. The van der Waals surface area contributed by atoms with Crippen LogP contribution in [-0.2, 0) is 0 Å². The molecule has 0 spiro atoms. The summed E-state index contributed by atoms with van der Waals surface area (Å²) in [5, 5.41) is 22.5. The zero-order valence-corrected chi connectivity index (χ0v) is 10.7. The Bertz CT molecular complexity index is 572. The maximum atomic E-state index is 9.51. The van der Waals surface area contributed by atoms with Crippen molar-refractivity contribution in [2.24, 2.45) is 5.10 Å². The van der Waals surface area contributed by atoms with Crippen molar-refractivity contribution in [1.29, 1.82) is 0 Å². The summed E-state index contributed by atoms with van der Waals surface area (Å²) in [6, 6.07) is 4.23. The van der Waals surface area contributed by atoms with Crippen LogP contribution in [0.1, 0.15) is 5.56 Å². The third-order valence-electron chi connectivity index (χ3n) is 2.00. The second-order valence-electron chi connectivity index (χ2n) is 3.34. The summed E-state index contributed by atoms with van der Waals surface area (Å²) in [4.78, 5) is 7.92. The van der Waals surface area contributed by atoms with E-state index >= 15 is 0 Å². The fraction of sp³-hybridized carbons (Fsp3) is 0. The fourth-order valence-electron chi connectivity index (χ4n) is 1.17. The molecule has 92 valence electrons. The zero-order chi connectivity index (χ0) is 13.0. The number of hydrogen-bond acceptors (Lipinski definition) is 6. The Hall–Kier alpha value is -2.15. The third-order valence-corrected chi connectivity index (χ3v) is 2.41. The Morgan fingerprint density at radius 3 is 2.61 bits per heavy atom. The molecule has 18 heavy (non-hydrogen) atoms. The molecule has 0 aliphatic heterocycles. The number of phenols is 2. The van der Waals surface area contributed by atoms with E-state index in [1.807, 2.05) is 0 Å². The Morgan fingerprint density at radius 2 is 1.94 bits per heavy atom. The average Bonchev–Trinajstić information content (AvgIpc) is 2.34. The lowest BCUT2D eigenvalue weighted by Gasteiger charge is -2.00. The summed E-state index contributed by atoms with van der Waals surface area (Å²) in [5.41, 5.74) is 3.08. The summed E-state index contributed by atoms with van der Waals surface area (Å²) >= 11 is 3.22. The van der Waals surface area contributed by atoms with Crippen molar-refractivity contribution < 1.29 is 10.2 Å². The summed E-state index contributed by atoms with van der Waals surface area (Å²) < 4.78 is 0.771. The molecule has 2 aromatic rings. The van der Waals surface area contributed by atoms with Gasteiger partial charge in [0, 0.05) is 24.0 Å². The molecule has 0 unspecified atom stereocenters. The second-order valence-corrected chi connectivity index (χ2v) is 4.25. The van der Waals surface area contributed by atoms with E-state index < -0.39 is 0 Å². The van der Waals surface area contributed by atoms with Crippen LogP contribution >= 0.6 is 15.9 Å². The number of rotatable bonds is 3. The van der Waals surface area contributed by atoms with E-state index in [1.165, 1.54) is 24.4 Å². The van der Waals surface area contributed by atoms with Gasteiger partial charge in [0.2, 0.25) is 5.95 Å². The van der Waals surface area contributed by atoms with E-state index in [9.17, 15) is 5.11 Å². The lowest BCUT2D eigenvalue weighted by molar-refractivity contribution is 0.450. The second kappa shape index (κ2) is 5.46. The number of benzene rings is 1. The van der Waals surface area contributed by atoms with Crippen molar-refractivity contribution in [3.05, 3.63) is 40.6 Å². The minimum atomic E-state index is -0.0581. The predicted octanol–water partition coefficient (Wildman–Crippen LogP) is 2.10. The van der Waals surface area contributed by atoms with E-state index in [-0.39, 0.29) is 11.5 Å². The quantitative estimate of drug-likeness (QED) is 0.596. The van der Waals surface area contributed by atoms with Gasteiger partial charge in [0.1, 0.15) is 11.5 Å². The minimum absolute atomic E-state index is 0.00569. The first kappa shape index (κ1) is 12.3. The Morgan fingerprint density at radius 1 is 1.22 bits per heavy atom. The standard InChI is InChI=1S/C11H9BrN4O2/c12-8-5-13-11(14-6-8)16-15-4-7-1-2-9(17)3-10(7)18/h1-6,17-18H,(H,13,14,16)/b15-4+. The lowest BCUT2D eigenvalue weighted by Crippen LogP contribution is -1.96. The van der Waals surface area contributed by atoms with Gasteiger partial charge in [-0.15, -0.1) is 0 Å². The van der Waals surface area contributed by atoms with Crippen LogP contribution in [0.3, 0.4) is 0 Å². The van der Waals surface area contributed by atoms with Crippen molar-refractivity contribution in [3.8, 4) is 11.5 Å². The zero-order valence-electron chi connectivity index (χ0n) is 9.08. The van der Waals surface area contributed by atoms with Crippen LogP contribution in [0, 0.1) is 0 Å². The molecule has 0 fully saturated rings. The van der Waals surface area contributed by atoms with Gasteiger partial charge in [-0.05, 0) is 28.1 Å². The van der Waals surface area contributed by atoms with E-state index in [0.717, 1.165) is 4.47 Å². The number of nitrogens with zero attached hydrogens (tertiary/aromatic N) is 3. The van der Waals surface area contributed by atoms with Crippen LogP contribution in [0.25, 0.3) is 0 Å². The van der Waals surface area contributed by atoms with Gasteiger partial charge in [0.15, 0.2) is 0 Å². The molecular weight excluding hydrogens is 300 g/mol. The Labute approximate surface area is 111 Å². The van der Waals surface area contributed by atoms with Gasteiger partial charge in [0.25, 0.3) is 0 Å². The summed E-state index contributed by atoms with van der Waals surface area (Å²) in [6.07, 6.45) is 4.58. The van der Waals surface area contributed by atoms with Crippen molar-refractivity contribution in [1.82, 2.24) is 9.97 Å². The maximum Gasteiger partial charge on any atom is 0.243 e. The van der Waals surface area contributed by atoms with Gasteiger partial charge in [-0.2, -0.15) is 5.10 Å². The first-order valence-electron chi connectivity index (χ1n) is 4.94. The predicted molar refractivity (Wildman–Crippen MR) is 70.7 cm³/mol. The molecule has 0 aliphatic rings. The SMILES string of the molecule is Oc1ccc(/C=N/Nc2ncc(Br)cn2)c(O)c1. The van der Waals surface area contributed by atoms with Crippen molar-refractivity contribution in [2.45, 2.75) is 0 Å². The van der Waals surface area contributed by atoms with Gasteiger partial charge in [-0.25, -0.2) is 15.4 Å². The highest BCUT2D eigenvalue weighted by Gasteiger charge is 1.99. The molecule has 0 atom stereocenters. The van der Waals surface area contributed by atoms with Crippen LogP contribution in [0.4, 0.5) is 5.95 Å². The average molecular weight is 309 g/mol. The largest absolute Gasteiger partial charge is 0.508 e. The van der Waals surface area contributed by atoms with Gasteiger partial charge in [-0.1, -0.05) is 0 Å². The monoisotopic (exact) mass is 308 g/mol. The van der Waals surface area contributed by atoms with Crippen LogP contribution < -0.4 is 5.43 Å². The van der Waals surface area contributed by atoms with Gasteiger partial charge in [-0.3, -0.25) is 0 Å². The highest BCUT2D eigenvalue weighted by atomic mass is 79.9. The number of hydrazone groups is 1. The van der Waals surface area contributed by atoms with E-state index in [1.54, 1.807) is 12.4 Å². The first-order chi connectivity index (χ1) is 8.65. The van der Waals surface area contributed by atoms with Gasteiger partial charge < -0.3 is 10.2 Å². The topological polar surface area (TPSA) is 90.6 Å². The van der Waals surface area contributed by atoms with E-state index in [0.29, 0.717) is 11.5 Å². The Balaban J connectivity index is 2.05. The number of halogens is 1. The van der Waals surface area contributed by atoms with Crippen LogP contribution in [0.5, 0.6) is 11.5 Å². The van der Waals surface area contributed by atoms with E-state index in [2.05, 4.69) is 36.4 Å². The minimum Gasteiger partial charge on any atom is -0.508 e. The molecule has 2 rings (SSSR count). The maximum absolute atomic E-state index is 9.51. The summed E-state index contributed by atoms with van der Waals surface area (Å²) in [6.45, 7) is 0. The van der Waals surface area contributed by atoms with Crippen LogP contribution in [0.2, 0.25) is 0 Å². The lowest BCUT2D eigenvalue weighted by atomic mass is 10.2. The number of hydrogen-bond donors (Lipinski definition) is 3. The van der Waals surface area contributed by atoms with Gasteiger partial charge in [0.05, 0.1) is 10.7 Å². The Kier molecular flexibility index (Phi) is 3.73. The molecule has 0 radical (unpaired) electrons. The normalized spacial score (nSPS) is 10.7. The molecule has 3 N–H and O–H groups in total. The molecule has 1 aromatic heterocycles. The van der Waals surface area contributed by atoms with Crippen molar-refractivity contribution in [2.75, 3.05) is 5.43 Å². The number of nitrogens with one attached hydrogen (secondary N) is 1. The summed E-state index contributed by atoms with van der Waals surface area (Å²) in [7, 11) is 0. The highest BCUT2D eigenvalue weighted by Crippen LogP contribution is 2.20. The molecule has 1 aromatic carbocycles. The number of anilines is 1. The molecule has 1 heterocycles. The molecule has 0 aliphatic carbocycles. The summed E-state index contributed by atoms with van der Waals surface area (Å²) in [5.74, 6) is 0.277. The molecule has 0 amide bonds. The molecule has 6 nitrogen and oxygen atoms in total. The molecular formula is C11H9BrN4O2. The molecule has 0 bridgehead atoms. The van der Waals surface area contributed by atoms with Crippen LogP contribution in [-0.4, -0.2) is 26.4 Å². The van der Waals surface area contributed by atoms with Crippen molar-refractivity contribution in [3.63, 3.8) is 0 Å². The first-order valence-corrected chi connectivity index (χ1v) is 5.73. The highest BCUT2D eigenvalue weighted by molar-refractivity contribution is 9.10. The van der Waals surface area contributed by atoms with Crippen LogP contribution in [0.15, 0.2) is 40.2 Å². The number of aromatic hydroxyl groups is 2. The van der Waals surface area contributed by atoms with Crippen molar-refractivity contribution >= 4 is 28.1 Å². The van der Waals surface area contributed by atoms with Gasteiger partial charge >= 0.3 is 0 Å². The molecule has 7 heteroatoms. The number of phenolic OH excluding ortho intramolecular Hbond substituents is 2. The smallest absolute Gasteiger partial charge is 0.243 e. The third kappa shape index (κ3) is 3.17. The fourth-order valence-corrected chi connectivity index (χ4v) is 1.38. The molecule has 0 saturated heterocycles.